The number of fused-ring (bicyclic) bond motifs is 2. The van der Waals surface area contributed by atoms with Crippen molar-refractivity contribution in [3.63, 3.8) is 0 Å². The Kier molecular flexibility index (Phi) is 10.2. The van der Waals surface area contributed by atoms with Crippen molar-refractivity contribution in [1.82, 2.24) is 4.90 Å². The zero-order valence-corrected chi connectivity index (χ0v) is 26.5. The third-order valence-electron chi connectivity index (χ3n) is 8.50. The number of carbonyl (C=O) groups is 3. The van der Waals surface area contributed by atoms with Gasteiger partial charge in [0.2, 0.25) is 5.91 Å². The van der Waals surface area contributed by atoms with Crippen LogP contribution in [0.5, 0.6) is 0 Å². The van der Waals surface area contributed by atoms with Crippen LogP contribution in [-0.4, -0.2) is 73.8 Å². The molecule has 4 rings (SSSR count). The standard InChI is InChI=1S/C31H41ClN2O7Si/c1-21-29(42(3,4)39)26(19-27(36)33(16-17-35)20-22-10-6-5-7-11-22)41-31(21)24-18-23(32)13-14-25(24)34(30(31)38)15-9-8-12-28(37)40-2/h5-7,10-11,13-14,18,21,26,29,35,39H,8-9,12,15-17,19-20H2,1-4H3/t21-,26+,29-,31+/m1/s1. The van der Waals surface area contributed by atoms with Crippen molar-refractivity contribution >= 4 is 43.4 Å². The number of aliphatic hydroxyl groups is 1. The second kappa shape index (κ2) is 13.3. The lowest BCUT2D eigenvalue weighted by Crippen LogP contribution is -2.46. The molecule has 1 spiro atoms. The molecule has 0 radical (unpaired) electrons. The van der Waals surface area contributed by atoms with Crippen molar-refractivity contribution in [2.45, 2.75) is 69.5 Å². The van der Waals surface area contributed by atoms with Crippen LogP contribution in [0.15, 0.2) is 48.5 Å². The Morgan fingerprint density at radius 1 is 1.17 bits per heavy atom. The van der Waals surface area contributed by atoms with E-state index in [4.69, 9.17) is 21.1 Å². The molecule has 0 aliphatic carbocycles. The number of nitrogens with zero attached hydrogens (tertiary/aromatic N) is 2. The highest BCUT2D eigenvalue weighted by molar-refractivity contribution is 6.71. The third-order valence-corrected chi connectivity index (χ3v) is 11.2. The molecule has 11 heteroatoms. The van der Waals surface area contributed by atoms with E-state index in [1.54, 1.807) is 28.0 Å². The SMILES string of the molecule is COC(=O)CCCCN1C(=O)[C@@]2(O[C@@H](CC(=O)N(CCO)Cc3ccccc3)[C@H]([Si](C)(C)O)[C@H]2C)c2cc(Cl)ccc21. The molecule has 42 heavy (non-hydrogen) atoms. The van der Waals surface area contributed by atoms with Gasteiger partial charge in [-0.15, -0.1) is 0 Å². The van der Waals surface area contributed by atoms with Crippen LogP contribution >= 0.6 is 11.6 Å². The number of esters is 1. The van der Waals surface area contributed by atoms with Crippen LogP contribution in [0.4, 0.5) is 5.69 Å². The second-order valence-corrected chi connectivity index (χ2v) is 16.2. The predicted octanol–water partition coefficient (Wildman–Crippen LogP) is 4.24. The molecule has 2 N–H and O–H groups in total. The second-order valence-electron chi connectivity index (χ2n) is 11.7. The summed E-state index contributed by atoms with van der Waals surface area (Å²) in [6.45, 7) is 6.20. The maximum Gasteiger partial charge on any atom is 0.305 e. The molecule has 0 bridgehead atoms. The van der Waals surface area contributed by atoms with Gasteiger partial charge in [-0.3, -0.25) is 14.4 Å². The van der Waals surface area contributed by atoms with Crippen molar-refractivity contribution in [2.75, 3.05) is 31.7 Å². The first-order valence-electron chi connectivity index (χ1n) is 14.5. The average Bonchev–Trinajstić information content (AvgIpc) is 3.37. The van der Waals surface area contributed by atoms with Gasteiger partial charge in [-0.2, -0.15) is 0 Å². The van der Waals surface area contributed by atoms with E-state index in [1.807, 2.05) is 50.3 Å². The van der Waals surface area contributed by atoms with E-state index in [-0.39, 0.29) is 43.8 Å². The fourth-order valence-electron chi connectivity index (χ4n) is 6.63. The summed E-state index contributed by atoms with van der Waals surface area (Å²) in [5.41, 5.74) is 0.414. The van der Waals surface area contributed by atoms with Gasteiger partial charge in [0.15, 0.2) is 13.9 Å². The van der Waals surface area contributed by atoms with Gasteiger partial charge in [-0.05, 0) is 49.7 Å². The normalized spacial score (nSPS) is 23.4. The van der Waals surface area contributed by atoms with Crippen LogP contribution in [-0.2, 0) is 36.0 Å². The Labute approximate surface area is 253 Å². The third kappa shape index (κ3) is 6.43. The maximum absolute atomic E-state index is 14.3. The number of benzene rings is 2. The highest BCUT2D eigenvalue weighted by Gasteiger charge is 2.66. The number of aliphatic hydroxyl groups excluding tert-OH is 1. The van der Waals surface area contributed by atoms with Crippen LogP contribution in [0.2, 0.25) is 23.7 Å². The summed E-state index contributed by atoms with van der Waals surface area (Å²) in [6.07, 6.45) is 0.637. The number of hydrogen-bond donors (Lipinski definition) is 2. The van der Waals surface area contributed by atoms with Crippen molar-refractivity contribution < 1.29 is 33.8 Å². The number of carbonyl (C=O) groups excluding carboxylic acids is 3. The molecule has 2 aliphatic rings. The molecule has 0 saturated carbocycles. The van der Waals surface area contributed by atoms with Gasteiger partial charge in [0.1, 0.15) is 0 Å². The minimum Gasteiger partial charge on any atom is -0.469 e. The fraction of sp³-hybridized carbons (Fsp3) is 0.516. The molecule has 0 aromatic heterocycles. The first-order valence-corrected chi connectivity index (χ1v) is 17.9. The summed E-state index contributed by atoms with van der Waals surface area (Å²) >= 11 is 6.44. The van der Waals surface area contributed by atoms with Gasteiger partial charge in [-0.1, -0.05) is 48.9 Å². The highest BCUT2D eigenvalue weighted by Crippen LogP contribution is 2.60. The van der Waals surface area contributed by atoms with Gasteiger partial charge in [0, 0.05) is 48.1 Å². The number of unbranched alkanes of at least 4 members (excludes halogenated alkanes) is 1. The summed E-state index contributed by atoms with van der Waals surface area (Å²) in [7, 11) is -1.62. The smallest absolute Gasteiger partial charge is 0.305 e. The monoisotopic (exact) mass is 616 g/mol. The lowest BCUT2D eigenvalue weighted by molar-refractivity contribution is -0.150. The molecule has 2 heterocycles. The van der Waals surface area contributed by atoms with E-state index in [1.165, 1.54) is 7.11 Å². The van der Waals surface area contributed by atoms with Gasteiger partial charge in [0.25, 0.3) is 5.91 Å². The van der Waals surface area contributed by atoms with Crippen molar-refractivity contribution in [1.29, 1.82) is 0 Å². The Hall–Kier alpha value is -2.76. The molecule has 2 aliphatic heterocycles. The van der Waals surface area contributed by atoms with Crippen molar-refractivity contribution in [3.05, 3.63) is 64.7 Å². The quantitative estimate of drug-likeness (QED) is 0.208. The number of ether oxygens (including phenoxy) is 2. The van der Waals surface area contributed by atoms with Crippen molar-refractivity contribution in [3.8, 4) is 0 Å². The first-order chi connectivity index (χ1) is 19.9. The van der Waals surface area contributed by atoms with E-state index in [2.05, 4.69) is 0 Å². The number of amides is 2. The van der Waals surface area contributed by atoms with Crippen LogP contribution in [0.25, 0.3) is 0 Å². The van der Waals surface area contributed by atoms with E-state index in [0.717, 1.165) is 5.56 Å². The summed E-state index contributed by atoms with van der Waals surface area (Å²) in [4.78, 5) is 54.4. The number of rotatable bonds is 12. The number of halogens is 1. The van der Waals surface area contributed by atoms with E-state index in [9.17, 15) is 24.3 Å². The first kappa shape index (κ1) is 32.2. The predicted molar refractivity (Wildman–Crippen MR) is 162 cm³/mol. The summed E-state index contributed by atoms with van der Waals surface area (Å²) in [6, 6.07) is 14.8. The Bertz CT molecular complexity index is 1290. The molecule has 1 saturated heterocycles. The van der Waals surface area contributed by atoms with Gasteiger partial charge < -0.3 is 29.2 Å². The average molecular weight is 617 g/mol. The molecule has 2 aromatic carbocycles. The van der Waals surface area contributed by atoms with E-state index in [0.29, 0.717) is 42.2 Å². The fourth-order valence-corrected chi connectivity index (χ4v) is 9.36. The molecule has 2 aromatic rings. The van der Waals surface area contributed by atoms with Crippen molar-refractivity contribution in [2.24, 2.45) is 5.92 Å². The molecule has 228 valence electrons. The summed E-state index contributed by atoms with van der Waals surface area (Å²) in [5, 5.41) is 10.2. The van der Waals surface area contributed by atoms with Crippen LogP contribution in [0.1, 0.15) is 43.7 Å². The lowest BCUT2D eigenvalue weighted by atomic mass is 9.82. The Morgan fingerprint density at radius 3 is 2.52 bits per heavy atom. The van der Waals surface area contributed by atoms with Gasteiger partial charge in [-0.25, -0.2) is 0 Å². The maximum atomic E-state index is 14.3. The van der Waals surface area contributed by atoms with E-state index >= 15 is 0 Å². The largest absolute Gasteiger partial charge is 0.469 e. The minimum absolute atomic E-state index is 0.0388. The number of methoxy groups -OCH3 is 1. The van der Waals surface area contributed by atoms with Gasteiger partial charge in [0.05, 0.1) is 31.9 Å². The number of hydrogen-bond acceptors (Lipinski definition) is 7. The molecular weight excluding hydrogens is 576 g/mol. The zero-order valence-electron chi connectivity index (χ0n) is 24.7. The van der Waals surface area contributed by atoms with Crippen LogP contribution in [0.3, 0.4) is 0 Å². The highest BCUT2D eigenvalue weighted by atomic mass is 35.5. The molecule has 1 fully saturated rings. The van der Waals surface area contributed by atoms with Crippen LogP contribution < -0.4 is 4.90 Å². The molecule has 9 nitrogen and oxygen atoms in total. The zero-order chi connectivity index (χ0) is 30.7. The molecular formula is C31H41ClN2O7Si. The summed E-state index contributed by atoms with van der Waals surface area (Å²) in [5.74, 6) is -1.21. The molecule has 4 atom stereocenters. The molecule has 0 unspecified atom stereocenters. The topological polar surface area (TPSA) is 117 Å². The summed E-state index contributed by atoms with van der Waals surface area (Å²) < 4.78 is 11.5. The minimum atomic E-state index is -2.97. The Morgan fingerprint density at radius 2 is 1.88 bits per heavy atom. The number of anilines is 1. The van der Waals surface area contributed by atoms with Gasteiger partial charge >= 0.3 is 5.97 Å². The van der Waals surface area contributed by atoms with E-state index < -0.39 is 31.5 Å². The van der Waals surface area contributed by atoms with Crippen LogP contribution in [0, 0.1) is 5.92 Å². The Balaban J connectivity index is 1.64. The lowest BCUT2D eigenvalue weighted by Gasteiger charge is -2.32. The molecule has 2 amide bonds.